The van der Waals surface area contributed by atoms with Crippen LogP contribution >= 0.6 is 11.3 Å². The zero-order valence-electron chi connectivity index (χ0n) is 23.0. The smallest absolute Gasteiger partial charge is 0.271 e. The molecule has 0 saturated carbocycles. The van der Waals surface area contributed by atoms with E-state index in [0.29, 0.717) is 9.33 Å². The highest BCUT2D eigenvalue weighted by Gasteiger charge is 2.34. The Morgan fingerprint density at radius 1 is 1.00 bits per heavy atom. The van der Waals surface area contributed by atoms with E-state index < -0.39 is 0 Å². The zero-order valence-corrected chi connectivity index (χ0v) is 23.8. The number of fused-ring (bicyclic) bond motifs is 3. The van der Waals surface area contributed by atoms with Gasteiger partial charge in [-0.3, -0.25) is 9.36 Å². The first-order valence-corrected chi connectivity index (χ1v) is 14.5. The topological polar surface area (TPSA) is 48.5 Å². The van der Waals surface area contributed by atoms with Crippen LogP contribution in [0.25, 0.3) is 17.5 Å². The summed E-state index contributed by atoms with van der Waals surface area (Å²) in [6, 6.07) is 24.6. The number of benzene rings is 3. The molecule has 7 heteroatoms. The Morgan fingerprint density at radius 2 is 1.76 bits per heavy atom. The van der Waals surface area contributed by atoms with Crippen LogP contribution in [0.2, 0.25) is 0 Å². The van der Waals surface area contributed by atoms with E-state index in [0.717, 1.165) is 63.6 Å². The number of halogens is 1. The SMILES string of the molecule is COc1ccccc1[C@@H]1C2=C(N=c3s/c(=C/c4cc(C)n(-c5ccc(F)cc5)c4C)c(=O)n31)c1ccccc1CC2. The minimum Gasteiger partial charge on any atom is -0.496 e. The summed E-state index contributed by atoms with van der Waals surface area (Å²) in [5, 5.41) is 0. The Hall–Kier alpha value is -4.49. The van der Waals surface area contributed by atoms with E-state index in [1.165, 1.54) is 29.0 Å². The van der Waals surface area contributed by atoms with Crippen LogP contribution in [0.5, 0.6) is 5.75 Å². The van der Waals surface area contributed by atoms with E-state index in [-0.39, 0.29) is 17.4 Å². The minimum atomic E-state index is -0.306. The van der Waals surface area contributed by atoms with E-state index in [1.807, 2.05) is 48.8 Å². The number of hydrogen-bond donors (Lipinski definition) is 0. The first kappa shape index (κ1) is 25.5. The third-order valence-corrected chi connectivity index (χ3v) is 9.13. The molecule has 3 aromatic carbocycles. The number of nitrogens with zero attached hydrogens (tertiary/aromatic N) is 3. The predicted molar refractivity (Wildman–Crippen MR) is 161 cm³/mol. The molecule has 0 amide bonds. The molecule has 1 atom stereocenters. The summed E-state index contributed by atoms with van der Waals surface area (Å²) in [5.41, 5.74) is 9.22. The number of aryl methyl sites for hydroxylation is 2. The molecule has 1 aliphatic heterocycles. The number of thiazole rings is 1. The molecule has 41 heavy (non-hydrogen) atoms. The van der Waals surface area contributed by atoms with Crippen LogP contribution < -0.4 is 19.6 Å². The summed E-state index contributed by atoms with van der Waals surface area (Å²) in [6.45, 7) is 4.04. The van der Waals surface area contributed by atoms with Gasteiger partial charge in [0.25, 0.3) is 5.56 Å². The molecule has 7 rings (SSSR count). The van der Waals surface area contributed by atoms with E-state index >= 15 is 0 Å². The van der Waals surface area contributed by atoms with Gasteiger partial charge in [0.1, 0.15) is 11.6 Å². The van der Waals surface area contributed by atoms with Crippen LogP contribution in [0.15, 0.2) is 94.2 Å². The maximum atomic E-state index is 14.2. The molecule has 1 aliphatic carbocycles. The van der Waals surface area contributed by atoms with E-state index in [2.05, 4.69) is 34.9 Å². The Labute approximate surface area is 240 Å². The van der Waals surface area contributed by atoms with Gasteiger partial charge in [-0.05, 0) is 85.9 Å². The fourth-order valence-electron chi connectivity index (χ4n) is 6.25. The van der Waals surface area contributed by atoms with Crippen LogP contribution in [-0.4, -0.2) is 16.2 Å². The second kappa shape index (κ2) is 9.85. The van der Waals surface area contributed by atoms with Gasteiger partial charge in [0.05, 0.1) is 23.4 Å². The summed E-state index contributed by atoms with van der Waals surface area (Å²) in [7, 11) is 1.67. The molecule has 0 N–H and O–H groups in total. The Morgan fingerprint density at radius 3 is 2.56 bits per heavy atom. The molecule has 0 saturated heterocycles. The van der Waals surface area contributed by atoms with Crippen molar-refractivity contribution in [2.75, 3.05) is 7.11 Å². The molecule has 5 aromatic rings. The maximum absolute atomic E-state index is 14.2. The highest BCUT2D eigenvalue weighted by Crippen LogP contribution is 2.43. The van der Waals surface area contributed by atoms with Crippen molar-refractivity contribution in [2.45, 2.75) is 32.7 Å². The predicted octanol–water partition coefficient (Wildman–Crippen LogP) is 5.87. The molecule has 0 fully saturated rings. The van der Waals surface area contributed by atoms with Crippen molar-refractivity contribution in [1.82, 2.24) is 9.13 Å². The summed E-state index contributed by atoms with van der Waals surface area (Å²) in [5.74, 6) is 0.481. The number of rotatable bonds is 4. The van der Waals surface area contributed by atoms with Gasteiger partial charge in [0, 0.05) is 28.2 Å². The van der Waals surface area contributed by atoms with Gasteiger partial charge in [0.15, 0.2) is 4.80 Å². The van der Waals surface area contributed by atoms with Crippen molar-refractivity contribution in [3.05, 3.63) is 144 Å². The molecule has 0 spiro atoms. The lowest BCUT2D eigenvalue weighted by atomic mass is 9.83. The molecule has 2 aromatic heterocycles. The molecule has 0 radical (unpaired) electrons. The first-order valence-electron chi connectivity index (χ1n) is 13.7. The number of para-hydroxylation sites is 1. The molecule has 0 unspecified atom stereocenters. The molecule has 3 heterocycles. The van der Waals surface area contributed by atoms with E-state index in [9.17, 15) is 9.18 Å². The van der Waals surface area contributed by atoms with Crippen molar-refractivity contribution in [2.24, 2.45) is 4.99 Å². The lowest BCUT2D eigenvalue weighted by Crippen LogP contribution is -2.39. The maximum Gasteiger partial charge on any atom is 0.271 e. The summed E-state index contributed by atoms with van der Waals surface area (Å²) >= 11 is 1.42. The highest BCUT2D eigenvalue weighted by molar-refractivity contribution is 7.07. The van der Waals surface area contributed by atoms with Gasteiger partial charge >= 0.3 is 0 Å². The Kier molecular flexibility index (Phi) is 6.12. The lowest BCUT2D eigenvalue weighted by Gasteiger charge is -2.31. The van der Waals surface area contributed by atoms with Gasteiger partial charge in [-0.15, -0.1) is 0 Å². The standard InChI is InChI=1S/C34H28FN3O2S/c1-20-18-23(21(2)37(20)25-15-13-24(35)14-16-25)19-30-33(39)38-32(27-10-6-7-11-29(27)40-3)28-17-12-22-8-4-5-9-26(22)31(28)36-34(38)41-30/h4-11,13-16,18-19,32H,12,17H2,1-3H3/b30-19+/t32-/m1/s1. The van der Waals surface area contributed by atoms with Crippen molar-refractivity contribution in [1.29, 1.82) is 0 Å². The number of ether oxygens (including phenoxy) is 1. The summed E-state index contributed by atoms with van der Waals surface area (Å²) in [6.07, 6.45) is 3.68. The second-order valence-electron chi connectivity index (χ2n) is 10.5. The highest BCUT2D eigenvalue weighted by atomic mass is 32.1. The third kappa shape index (κ3) is 4.11. The fourth-order valence-corrected chi connectivity index (χ4v) is 7.25. The van der Waals surface area contributed by atoms with Crippen molar-refractivity contribution in [3.63, 3.8) is 0 Å². The number of hydrogen-bond acceptors (Lipinski definition) is 4. The Bertz CT molecular complexity index is 2050. The van der Waals surface area contributed by atoms with Crippen LogP contribution in [0.1, 0.15) is 46.1 Å². The average molecular weight is 562 g/mol. The van der Waals surface area contributed by atoms with Crippen LogP contribution in [0.4, 0.5) is 4.39 Å². The quantitative estimate of drug-likeness (QED) is 0.276. The number of methoxy groups -OCH3 is 1. The van der Waals surface area contributed by atoms with Crippen molar-refractivity contribution >= 4 is 23.1 Å². The molecule has 0 bridgehead atoms. The van der Waals surface area contributed by atoms with Crippen molar-refractivity contribution < 1.29 is 9.13 Å². The number of allylic oxidation sites excluding steroid dienone is 1. The van der Waals surface area contributed by atoms with E-state index in [1.54, 1.807) is 19.2 Å². The van der Waals surface area contributed by atoms with Crippen LogP contribution in [0.3, 0.4) is 0 Å². The minimum absolute atomic E-state index is 0.0679. The molecule has 204 valence electrons. The van der Waals surface area contributed by atoms with E-state index in [4.69, 9.17) is 9.73 Å². The van der Waals surface area contributed by atoms with Gasteiger partial charge in [-0.1, -0.05) is 53.8 Å². The fraction of sp³-hybridized carbons (Fsp3) is 0.176. The number of aromatic nitrogens is 2. The second-order valence-corrected chi connectivity index (χ2v) is 11.5. The molecule has 5 nitrogen and oxygen atoms in total. The Balaban J connectivity index is 1.45. The van der Waals surface area contributed by atoms with Gasteiger partial charge in [-0.25, -0.2) is 9.38 Å². The molecular weight excluding hydrogens is 533 g/mol. The first-order chi connectivity index (χ1) is 19.9. The van der Waals surface area contributed by atoms with Crippen LogP contribution in [0, 0.1) is 19.7 Å². The third-order valence-electron chi connectivity index (χ3n) is 8.15. The van der Waals surface area contributed by atoms with Crippen LogP contribution in [-0.2, 0) is 6.42 Å². The largest absolute Gasteiger partial charge is 0.496 e. The van der Waals surface area contributed by atoms with Crippen molar-refractivity contribution in [3.8, 4) is 11.4 Å². The van der Waals surface area contributed by atoms with Gasteiger partial charge < -0.3 is 9.30 Å². The summed E-state index contributed by atoms with van der Waals surface area (Å²) in [4.78, 5) is 20.0. The average Bonchev–Trinajstić information content (AvgIpc) is 3.45. The summed E-state index contributed by atoms with van der Waals surface area (Å²) < 4.78 is 23.9. The van der Waals surface area contributed by atoms with Gasteiger partial charge in [-0.2, -0.15) is 0 Å². The van der Waals surface area contributed by atoms with Gasteiger partial charge in [0.2, 0.25) is 0 Å². The zero-order chi connectivity index (χ0) is 28.2. The normalized spacial score (nSPS) is 16.2. The molecular formula is C34H28FN3O2S. The lowest BCUT2D eigenvalue weighted by molar-refractivity contribution is 0.402. The monoisotopic (exact) mass is 561 g/mol. The molecule has 2 aliphatic rings.